The van der Waals surface area contributed by atoms with E-state index in [4.69, 9.17) is 33.7 Å². The third-order valence-electron chi connectivity index (χ3n) is 2.70. The predicted octanol–water partition coefficient (Wildman–Crippen LogP) is 4.97. The van der Waals surface area contributed by atoms with Gasteiger partial charge in [0, 0.05) is 17.6 Å². The van der Waals surface area contributed by atoms with Crippen molar-refractivity contribution in [3.8, 4) is 5.75 Å². The van der Waals surface area contributed by atoms with Crippen LogP contribution in [-0.2, 0) is 0 Å². The van der Waals surface area contributed by atoms with Gasteiger partial charge in [0.25, 0.3) is 0 Å². The van der Waals surface area contributed by atoms with Gasteiger partial charge in [-0.15, -0.1) is 0 Å². The van der Waals surface area contributed by atoms with Gasteiger partial charge in [0.05, 0.1) is 9.50 Å². The quantitative estimate of drug-likeness (QED) is 0.762. The Morgan fingerprint density at radius 2 is 1.85 bits per heavy atom. The second-order valence-corrected chi connectivity index (χ2v) is 5.79. The molecule has 0 aromatic heterocycles. The molecule has 0 amide bonds. The van der Waals surface area contributed by atoms with Crippen molar-refractivity contribution in [1.82, 2.24) is 0 Å². The van der Waals surface area contributed by atoms with E-state index in [0.717, 1.165) is 5.56 Å². The highest BCUT2D eigenvalue weighted by Crippen LogP contribution is 2.33. The molecule has 0 bridgehead atoms. The fraction of sp³-hybridized carbons (Fsp3) is 0.143. The maximum Gasteiger partial charge on any atom is 0.145 e. The average molecular weight is 379 g/mol. The molecule has 1 atom stereocenters. The molecule has 2 nitrogen and oxygen atoms in total. The van der Waals surface area contributed by atoms with Gasteiger partial charge in [-0.3, -0.25) is 0 Å². The van der Waals surface area contributed by atoms with Crippen molar-refractivity contribution >= 4 is 39.1 Å². The van der Waals surface area contributed by atoms with E-state index in [2.05, 4.69) is 15.9 Å². The molecule has 0 radical (unpaired) electrons. The molecular formula is C14H11BrCl2FNO. The summed E-state index contributed by atoms with van der Waals surface area (Å²) in [6, 6.07) is 9.81. The minimum atomic E-state index is -0.545. The van der Waals surface area contributed by atoms with E-state index in [1.54, 1.807) is 12.1 Å². The molecule has 0 aliphatic carbocycles. The van der Waals surface area contributed by atoms with Gasteiger partial charge >= 0.3 is 0 Å². The molecule has 2 N–H and O–H groups in total. The fourth-order valence-corrected chi connectivity index (χ4v) is 2.54. The Labute approximate surface area is 134 Å². The first-order chi connectivity index (χ1) is 9.51. The highest BCUT2D eigenvalue weighted by molar-refractivity contribution is 9.10. The zero-order valence-corrected chi connectivity index (χ0v) is 13.3. The minimum absolute atomic E-state index is 0.0278. The normalized spacial score (nSPS) is 12.2. The van der Waals surface area contributed by atoms with Crippen LogP contribution in [0.4, 0.5) is 4.39 Å². The van der Waals surface area contributed by atoms with Gasteiger partial charge in [-0.25, -0.2) is 4.39 Å². The first-order valence-electron chi connectivity index (χ1n) is 5.78. The number of benzene rings is 2. The molecule has 1 unspecified atom stereocenters. The number of rotatable bonds is 4. The van der Waals surface area contributed by atoms with E-state index < -0.39 is 11.9 Å². The Hall–Kier alpha value is -0.810. The van der Waals surface area contributed by atoms with Crippen LogP contribution >= 0.6 is 39.1 Å². The first kappa shape index (κ1) is 15.6. The molecule has 0 spiro atoms. The van der Waals surface area contributed by atoms with Gasteiger partial charge in [-0.1, -0.05) is 35.3 Å². The molecule has 0 saturated carbocycles. The Morgan fingerprint density at radius 1 is 1.20 bits per heavy atom. The summed E-state index contributed by atoms with van der Waals surface area (Å²) >= 11 is 14.8. The van der Waals surface area contributed by atoms with Crippen molar-refractivity contribution in [3.63, 3.8) is 0 Å². The topological polar surface area (TPSA) is 35.2 Å². The summed E-state index contributed by atoms with van der Waals surface area (Å²) in [5, 5.41) is 0.656. The Kier molecular flexibility index (Phi) is 5.27. The fourth-order valence-electron chi connectivity index (χ4n) is 1.68. The van der Waals surface area contributed by atoms with Crippen molar-refractivity contribution in [1.29, 1.82) is 0 Å². The van der Waals surface area contributed by atoms with E-state index in [9.17, 15) is 4.39 Å². The van der Waals surface area contributed by atoms with Crippen LogP contribution in [-0.4, -0.2) is 6.54 Å². The van der Waals surface area contributed by atoms with E-state index in [-0.39, 0.29) is 11.6 Å². The molecule has 0 aliphatic heterocycles. The third kappa shape index (κ3) is 3.64. The van der Waals surface area contributed by atoms with E-state index in [0.29, 0.717) is 15.2 Å². The van der Waals surface area contributed by atoms with Crippen molar-refractivity contribution in [2.75, 3.05) is 6.54 Å². The predicted molar refractivity (Wildman–Crippen MR) is 83.0 cm³/mol. The van der Waals surface area contributed by atoms with Gasteiger partial charge in [-0.2, -0.15) is 0 Å². The lowest BCUT2D eigenvalue weighted by atomic mass is 10.1. The smallest absolute Gasteiger partial charge is 0.145 e. The monoisotopic (exact) mass is 377 g/mol. The minimum Gasteiger partial charge on any atom is -0.483 e. The highest BCUT2D eigenvalue weighted by Gasteiger charge is 2.15. The summed E-state index contributed by atoms with van der Waals surface area (Å²) in [4.78, 5) is 0. The molecule has 2 aromatic carbocycles. The zero-order valence-electron chi connectivity index (χ0n) is 10.2. The van der Waals surface area contributed by atoms with Crippen LogP contribution in [0.3, 0.4) is 0 Å². The Balaban J connectivity index is 2.26. The molecule has 106 valence electrons. The second-order valence-electron chi connectivity index (χ2n) is 4.09. The molecule has 20 heavy (non-hydrogen) atoms. The van der Waals surface area contributed by atoms with Crippen LogP contribution in [0.1, 0.15) is 11.7 Å². The molecule has 0 saturated heterocycles. The lowest BCUT2D eigenvalue weighted by molar-refractivity contribution is 0.212. The summed E-state index contributed by atoms with van der Waals surface area (Å²) in [7, 11) is 0. The van der Waals surface area contributed by atoms with Crippen LogP contribution in [0, 0.1) is 5.82 Å². The van der Waals surface area contributed by atoms with Crippen molar-refractivity contribution in [2.24, 2.45) is 5.73 Å². The Morgan fingerprint density at radius 3 is 2.45 bits per heavy atom. The summed E-state index contributed by atoms with van der Waals surface area (Å²) in [5.74, 6) is -0.200. The summed E-state index contributed by atoms with van der Waals surface area (Å²) in [6.45, 7) is 0.248. The Bertz CT molecular complexity index is 607. The van der Waals surface area contributed by atoms with Gasteiger partial charge < -0.3 is 10.5 Å². The number of nitrogens with two attached hydrogens (primary N) is 1. The largest absolute Gasteiger partial charge is 0.483 e. The van der Waals surface area contributed by atoms with Gasteiger partial charge in [0.15, 0.2) is 0 Å². The number of halogens is 4. The molecule has 2 rings (SSSR count). The molecule has 0 heterocycles. The van der Waals surface area contributed by atoms with Crippen LogP contribution in [0.5, 0.6) is 5.75 Å². The molecule has 2 aromatic rings. The maximum absolute atomic E-state index is 13.5. The SMILES string of the molecule is NCC(Oc1cc(F)c(Cl)cc1Br)c1ccc(Cl)cc1. The second kappa shape index (κ2) is 6.76. The zero-order chi connectivity index (χ0) is 14.7. The number of hydrogen-bond donors (Lipinski definition) is 1. The van der Waals surface area contributed by atoms with Crippen molar-refractivity contribution in [2.45, 2.75) is 6.10 Å². The summed E-state index contributed by atoms with van der Waals surface area (Å²) in [6.07, 6.45) is -0.399. The standard InChI is InChI=1S/C14H11BrCl2FNO/c15-10-5-11(17)12(18)6-13(10)20-14(7-19)8-1-3-9(16)4-2-8/h1-6,14H,7,19H2. The highest BCUT2D eigenvalue weighted by atomic mass is 79.9. The lowest BCUT2D eigenvalue weighted by Gasteiger charge is -2.19. The molecule has 6 heteroatoms. The average Bonchev–Trinajstić information content (AvgIpc) is 2.42. The van der Waals surface area contributed by atoms with Gasteiger partial charge in [0.2, 0.25) is 0 Å². The van der Waals surface area contributed by atoms with Crippen molar-refractivity contribution < 1.29 is 9.13 Å². The molecule has 0 aliphatic rings. The summed E-state index contributed by atoms with van der Waals surface area (Å²) < 4.78 is 19.8. The van der Waals surface area contributed by atoms with Crippen LogP contribution in [0.2, 0.25) is 10.0 Å². The van der Waals surface area contributed by atoms with Gasteiger partial charge in [0.1, 0.15) is 17.7 Å². The molecular weight excluding hydrogens is 368 g/mol. The number of hydrogen-bond acceptors (Lipinski definition) is 2. The number of ether oxygens (including phenoxy) is 1. The third-order valence-corrected chi connectivity index (χ3v) is 3.86. The maximum atomic E-state index is 13.5. The molecule has 0 fully saturated rings. The van der Waals surface area contributed by atoms with E-state index in [1.165, 1.54) is 12.1 Å². The van der Waals surface area contributed by atoms with Crippen LogP contribution in [0.25, 0.3) is 0 Å². The summed E-state index contributed by atoms with van der Waals surface area (Å²) in [5.41, 5.74) is 6.58. The first-order valence-corrected chi connectivity index (χ1v) is 7.33. The van der Waals surface area contributed by atoms with E-state index in [1.807, 2.05) is 12.1 Å². The van der Waals surface area contributed by atoms with Gasteiger partial charge in [-0.05, 0) is 39.7 Å². The lowest BCUT2D eigenvalue weighted by Crippen LogP contribution is -2.18. The van der Waals surface area contributed by atoms with Crippen LogP contribution < -0.4 is 10.5 Å². The van der Waals surface area contributed by atoms with Crippen LogP contribution in [0.15, 0.2) is 40.9 Å². The van der Waals surface area contributed by atoms with E-state index >= 15 is 0 Å². The van der Waals surface area contributed by atoms with Crippen molar-refractivity contribution in [3.05, 3.63) is 62.3 Å².